The highest BCUT2D eigenvalue weighted by Crippen LogP contribution is 2.25. The van der Waals surface area contributed by atoms with Crippen LogP contribution in [0.2, 0.25) is 0 Å². The van der Waals surface area contributed by atoms with E-state index in [4.69, 9.17) is 4.52 Å². The molecule has 0 saturated carbocycles. The van der Waals surface area contributed by atoms with Crippen LogP contribution in [0, 0.1) is 6.92 Å². The van der Waals surface area contributed by atoms with Crippen molar-refractivity contribution in [3.05, 3.63) is 92.1 Å². The Labute approximate surface area is 191 Å². The lowest BCUT2D eigenvalue weighted by Gasteiger charge is -2.32. The minimum absolute atomic E-state index is 0.0100. The first kappa shape index (κ1) is 21.3. The molecule has 1 saturated heterocycles. The van der Waals surface area contributed by atoms with Gasteiger partial charge in [-0.25, -0.2) is 0 Å². The van der Waals surface area contributed by atoms with Crippen LogP contribution in [0.3, 0.4) is 0 Å². The number of hydrogen-bond donors (Lipinski definition) is 0. The number of aryl methyl sites for hydroxylation is 2. The normalized spacial score (nSPS) is 15.3. The van der Waals surface area contributed by atoms with Gasteiger partial charge in [-0.1, -0.05) is 41.6 Å². The lowest BCUT2D eigenvalue weighted by Crippen LogP contribution is -2.44. The summed E-state index contributed by atoms with van der Waals surface area (Å²) in [6.45, 7) is 4.15. The Morgan fingerprint density at radius 2 is 1.76 bits per heavy atom. The monoisotopic (exact) mass is 445 g/mol. The van der Waals surface area contributed by atoms with Crippen molar-refractivity contribution < 1.29 is 4.52 Å². The summed E-state index contributed by atoms with van der Waals surface area (Å²) in [5, 5.41) is 4.12. The standard InChI is InChI=1S/C25H27N5O3/c1-17-8-9-20-21(14-17)28(2)24(31)25(32)30(20)19-10-12-29(13-11-19)16-23-26-22(27-33-23)15-18-6-4-3-5-7-18/h3-9,14,19H,10-13,15-16H2,1-2H3. The molecule has 8 heteroatoms. The Balaban J connectivity index is 1.29. The van der Waals surface area contributed by atoms with Crippen LogP contribution in [0.1, 0.15) is 41.7 Å². The summed E-state index contributed by atoms with van der Waals surface area (Å²) < 4.78 is 8.63. The molecular weight excluding hydrogens is 418 g/mol. The van der Waals surface area contributed by atoms with Gasteiger partial charge in [0.25, 0.3) is 0 Å². The molecule has 8 nitrogen and oxygen atoms in total. The van der Waals surface area contributed by atoms with Crippen LogP contribution in [-0.2, 0) is 20.0 Å². The first-order chi connectivity index (χ1) is 16.0. The minimum Gasteiger partial charge on any atom is -0.338 e. The van der Waals surface area contributed by atoms with Gasteiger partial charge in [0.05, 0.1) is 17.6 Å². The first-order valence-corrected chi connectivity index (χ1v) is 11.3. The zero-order chi connectivity index (χ0) is 22.9. The van der Waals surface area contributed by atoms with E-state index in [-0.39, 0.29) is 6.04 Å². The van der Waals surface area contributed by atoms with Crippen molar-refractivity contribution in [2.24, 2.45) is 7.05 Å². The van der Waals surface area contributed by atoms with Gasteiger partial charge in [0, 0.05) is 32.6 Å². The molecule has 33 heavy (non-hydrogen) atoms. The molecule has 1 aliphatic heterocycles. The number of rotatable bonds is 5. The van der Waals surface area contributed by atoms with E-state index in [0.717, 1.165) is 48.1 Å². The zero-order valence-electron chi connectivity index (χ0n) is 18.9. The van der Waals surface area contributed by atoms with Gasteiger partial charge in [-0.2, -0.15) is 4.98 Å². The maximum atomic E-state index is 12.9. The minimum atomic E-state index is -0.479. The molecule has 1 aliphatic rings. The SMILES string of the molecule is Cc1ccc2c(c1)n(C)c(=O)c(=O)n2C1CCN(Cc2nc(Cc3ccccc3)no2)CC1. The summed E-state index contributed by atoms with van der Waals surface area (Å²) in [6.07, 6.45) is 2.20. The number of likely N-dealkylation sites (tertiary alicyclic amines) is 1. The van der Waals surface area contributed by atoms with E-state index in [0.29, 0.717) is 24.7 Å². The van der Waals surface area contributed by atoms with Crippen LogP contribution >= 0.6 is 0 Å². The molecule has 0 amide bonds. The van der Waals surface area contributed by atoms with E-state index in [2.05, 4.69) is 15.0 Å². The van der Waals surface area contributed by atoms with E-state index in [9.17, 15) is 9.59 Å². The maximum Gasteiger partial charge on any atom is 0.317 e. The fraction of sp³-hybridized carbons (Fsp3) is 0.360. The van der Waals surface area contributed by atoms with Crippen molar-refractivity contribution in [1.29, 1.82) is 0 Å². The summed E-state index contributed by atoms with van der Waals surface area (Å²) in [4.78, 5) is 32.3. The molecule has 5 rings (SSSR count). The van der Waals surface area contributed by atoms with Crippen LogP contribution in [0.4, 0.5) is 0 Å². The predicted octanol–water partition coefficient (Wildman–Crippen LogP) is 2.82. The maximum absolute atomic E-state index is 12.9. The summed E-state index contributed by atoms with van der Waals surface area (Å²) in [6, 6.07) is 16.0. The van der Waals surface area contributed by atoms with Crippen molar-refractivity contribution in [3.63, 3.8) is 0 Å². The molecule has 4 aromatic rings. The van der Waals surface area contributed by atoms with E-state index in [1.165, 1.54) is 4.57 Å². The topological polar surface area (TPSA) is 86.2 Å². The molecule has 170 valence electrons. The molecule has 0 atom stereocenters. The third-order valence-corrected chi connectivity index (χ3v) is 6.45. The lowest BCUT2D eigenvalue weighted by atomic mass is 10.0. The summed E-state index contributed by atoms with van der Waals surface area (Å²) in [5.41, 5.74) is 2.88. The number of fused-ring (bicyclic) bond motifs is 1. The van der Waals surface area contributed by atoms with E-state index < -0.39 is 11.1 Å². The van der Waals surface area contributed by atoms with Gasteiger partial charge in [0.1, 0.15) is 0 Å². The van der Waals surface area contributed by atoms with Gasteiger partial charge in [-0.3, -0.25) is 19.1 Å². The van der Waals surface area contributed by atoms with E-state index in [1.54, 1.807) is 11.6 Å². The Kier molecular flexibility index (Phi) is 5.68. The quantitative estimate of drug-likeness (QED) is 0.439. The average molecular weight is 446 g/mol. The summed E-state index contributed by atoms with van der Waals surface area (Å²) in [7, 11) is 1.66. The van der Waals surface area contributed by atoms with Gasteiger partial charge in [0.2, 0.25) is 5.89 Å². The largest absolute Gasteiger partial charge is 0.338 e. The summed E-state index contributed by atoms with van der Waals surface area (Å²) in [5.74, 6) is 1.28. The molecule has 1 fully saturated rings. The number of benzene rings is 2. The molecule has 0 radical (unpaired) electrons. The van der Waals surface area contributed by atoms with Crippen LogP contribution in [-0.4, -0.2) is 37.3 Å². The van der Waals surface area contributed by atoms with Crippen molar-refractivity contribution in [3.8, 4) is 0 Å². The fourth-order valence-corrected chi connectivity index (χ4v) is 4.67. The Bertz CT molecular complexity index is 1400. The molecule has 2 aromatic carbocycles. The highest BCUT2D eigenvalue weighted by Gasteiger charge is 2.25. The Hall–Kier alpha value is -3.52. The van der Waals surface area contributed by atoms with Gasteiger partial charge in [-0.05, 0) is 43.0 Å². The second-order valence-corrected chi connectivity index (χ2v) is 8.81. The van der Waals surface area contributed by atoms with Crippen LogP contribution in [0.25, 0.3) is 11.0 Å². The summed E-state index contributed by atoms with van der Waals surface area (Å²) >= 11 is 0. The van der Waals surface area contributed by atoms with Gasteiger partial charge < -0.3 is 9.09 Å². The lowest BCUT2D eigenvalue weighted by molar-refractivity contribution is 0.161. The first-order valence-electron chi connectivity index (χ1n) is 11.3. The van der Waals surface area contributed by atoms with E-state index in [1.807, 2.05) is 55.5 Å². The Morgan fingerprint density at radius 1 is 1.00 bits per heavy atom. The fourth-order valence-electron chi connectivity index (χ4n) is 4.67. The number of piperidine rings is 1. The van der Waals surface area contributed by atoms with Crippen molar-refractivity contribution in [2.75, 3.05) is 13.1 Å². The molecule has 0 spiro atoms. The second-order valence-electron chi connectivity index (χ2n) is 8.81. The molecule has 0 bridgehead atoms. The van der Waals surface area contributed by atoms with Crippen molar-refractivity contribution in [2.45, 2.75) is 38.8 Å². The molecule has 0 N–H and O–H groups in total. The number of hydrogen-bond acceptors (Lipinski definition) is 6. The van der Waals surface area contributed by atoms with Crippen LogP contribution in [0.15, 0.2) is 62.6 Å². The van der Waals surface area contributed by atoms with Gasteiger partial charge >= 0.3 is 11.1 Å². The number of aromatic nitrogens is 4. The average Bonchev–Trinajstić information content (AvgIpc) is 3.26. The molecular formula is C25H27N5O3. The highest BCUT2D eigenvalue weighted by atomic mass is 16.5. The zero-order valence-corrected chi connectivity index (χ0v) is 18.9. The third-order valence-electron chi connectivity index (χ3n) is 6.45. The molecule has 2 aromatic heterocycles. The third kappa shape index (κ3) is 4.26. The van der Waals surface area contributed by atoms with E-state index >= 15 is 0 Å². The molecule has 0 unspecified atom stereocenters. The number of nitrogens with zero attached hydrogens (tertiary/aromatic N) is 5. The smallest absolute Gasteiger partial charge is 0.317 e. The van der Waals surface area contributed by atoms with Gasteiger partial charge in [-0.15, -0.1) is 0 Å². The molecule has 0 aliphatic carbocycles. The predicted molar refractivity (Wildman–Crippen MR) is 125 cm³/mol. The second kappa shape index (κ2) is 8.78. The van der Waals surface area contributed by atoms with Crippen molar-refractivity contribution >= 4 is 11.0 Å². The van der Waals surface area contributed by atoms with Crippen LogP contribution < -0.4 is 11.1 Å². The Morgan fingerprint density at radius 3 is 2.52 bits per heavy atom. The van der Waals surface area contributed by atoms with Crippen molar-refractivity contribution in [1.82, 2.24) is 24.2 Å². The van der Waals surface area contributed by atoms with Crippen LogP contribution in [0.5, 0.6) is 0 Å². The molecule has 3 heterocycles. The highest BCUT2D eigenvalue weighted by molar-refractivity contribution is 5.76. The van der Waals surface area contributed by atoms with Gasteiger partial charge in [0.15, 0.2) is 5.82 Å².